The Morgan fingerprint density at radius 3 is 2.57 bits per heavy atom. The smallest absolute Gasteiger partial charge is 0.260 e. The van der Waals surface area contributed by atoms with Gasteiger partial charge in [-0.15, -0.1) is 0 Å². The van der Waals surface area contributed by atoms with E-state index < -0.39 is 0 Å². The fourth-order valence-electron chi connectivity index (χ4n) is 2.47. The molecule has 0 unspecified atom stereocenters. The van der Waals surface area contributed by atoms with E-state index in [-0.39, 0.29) is 18.6 Å². The quantitative estimate of drug-likeness (QED) is 0.929. The lowest BCUT2D eigenvalue weighted by molar-refractivity contribution is -0.133. The van der Waals surface area contributed by atoms with Gasteiger partial charge in [0.15, 0.2) is 6.61 Å². The number of halogens is 1. The van der Waals surface area contributed by atoms with Gasteiger partial charge in [0, 0.05) is 19.1 Å². The van der Waals surface area contributed by atoms with Crippen LogP contribution in [0.2, 0.25) is 5.02 Å². The van der Waals surface area contributed by atoms with E-state index in [0.717, 1.165) is 31.5 Å². The Hall–Kier alpha value is -1.26. The summed E-state index contributed by atoms with van der Waals surface area (Å²) in [4.78, 5) is 14.0. The van der Waals surface area contributed by atoms with Gasteiger partial charge in [-0.1, -0.05) is 30.5 Å². The van der Waals surface area contributed by atoms with Gasteiger partial charge < -0.3 is 15.4 Å². The molecule has 1 aromatic rings. The summed E-state index contributed by atoms with van der Waals surface area (Å²) in [5.41, 5.74) is 6.76. The van der Waals surface area contributed by atoms with E-state index in [9.17, 15) is 4.79 Å². The van der Waals surface area contributed by atoms with Gasteiger partial charge in [0.05, 0.1) is 5.02 Å². The molecule has 0 radical (unpaired) electrons. The van der Waals surface area contributed by atoms with Gasteiger partial charge in [-0.3, -0.25) is 4.79 Å². The average molecular weight is 311 g/mol. The first-order valence-corrected chi connectivity index (χ1v) is 7.91. The highest BCUT2D eigenvalue weighted by Gasteiger charge is 2.16. The number of nitrogens with two attached hydrogens (primary N) is 1. The molecule has 1 atom stereocenters. The van der Waals surface area contributed by atoms with E-state index >= 15 is 0 Å². The van der Waals surface area contributed by atoms with E-state index in [1.54, 1.807) is 12.1 Å². The normalized spacial score (nSPS) is 17.2. The summed E-state index contributed by atoms with van der Waals surface area (Å²) in [6.07, 6.45) is 4.57. The molecule has 2 rings (SSSR count). The molecular weight excluding hydrogens is 288 g/mol. The van der Waals surface area contributed by atoms with E-state index in [4.69, 9.17) is 22.1 Å². The lowest BCUT2D eigenvalue weighted by atomic mass is 10.1. The van der Waals surface area contributed by atoms with Crippen molar-refractivity contribution in [1.82, 2.24) is 4.90 Å². The van der Waals surface area contributed by atoms with Crippen molar-refractivity contribution in [2.75, 3.05) is 19.7 Å². The molecule has 0 aromatic heterocycles. The third-order valence-electron chi connectivity index (χ3n) is 3.79. The summed E-state index contributed by atoms with van der Waals surface area (Å²) in [6.45, 7) is 3.60. The second kappa shape index (κ2) is 7.66. The second-order valence-electron chi connectivity index (χ2n) is 5.56. The van der Waals surface area contributed by atoms with Crippen molar-refractivity contribution in [2.24, 2.45) is 5.73 Å². The molecule has 1 heterocycles. The maximum Gasteiger partial charge on any atom is 0.260 e. The summed E-state index contributed by atoms with van der Waals surface area (Å²) in [6, 6.07) is 5.37. The van der Waals surface area contributed by atoms with E-state index in [1.807, 2.05) is 17.9 Å². The number of benzene rings is 1. The molecule has 0 spiro atoms. The highest BCUT2D eigenvalue weighted by atomic mass is 35.5. The summed E-state index contributed by atoms with van der Waals surface area (Å²) >= 11 is 6.16. The van der Waals surface area contributed by atoms with Gasteiger partial charge in [-0.2, -0.15) is 0 Å². The Bertz CT molecular complexity index is 483. The van der Waals surface area contributed by atoms with Crippen molar-refractivity contribution in [2.45, 2.75) is 38.6 Å². The van der Waals surface area contributed by atoms with Crippen LogP contribution < -0.4 is 10.5 Å². The number of carbonyl (C=O) groups excluding carboxylic acids is 1. The molecule has 1 aliphatic heterocycles. The summed E-state index contributed by atoms with van der Waals surface area (Å²) < 4.78 is 5.56. The van der Waals surface area contributed by atoms with Crippen LogP contribution in [-0.4, -0.2) is 30.5 Å². The molecule has 0 aliphatic carbocycles. The van der Waals surface area contributed by atoms with Crippen LogP contribution in [0.3, 0.4) is 0 Å². The molecule has 21 heavy (non-hydrogen) atoms. The Morgan fingerprint density at radius 2 is 2.00 bits per heavy atom. The zero-order valence-corrected chi connectivity index (χ0v) is 13.2. The van der Waals surface area contributed by atoms with Crippen molar-refractivity contribution in [3.8, 4) is 5.75 Å². The zero-order chi connectivity index (χ0) is 15.2. The van der Waals surface area contributed by atoms with Crippen LogP contribution in [0.25, 0.3) is 0 Å². The number of rotatable bonds is 4. The van der Waals surface area contributed by atoms with Crippen LogP contribution in [0.15, 0.2) is 18.2 Å². The third-order valence-corrected chi connectivity index (χ3v) is 4.09. The molecule has 1 aromatic carbocycles. The van der Waals surface area contributed by atoms with Gasteiger partial charge in [0.1, 0.15) is 5.75 Å². The zero-order valence-electron chi connectivity index (χ0n) is 12.5. The van der Waals surface area contributed by atoms with Gasteiger partial charge in [-0.25, -0.2) is 0 Å². The molecule has 1 amide bonds. The van der Waals surface area contributed by atoms with Crippen LogP contribution >= 0.6 is 11.6 Å². The molecular formula is C16H23ClN2O2. The Labute approximate surface area is 131 Å². The molecule has 0 saturated carbocycles. The minimum absolute atomic E-state index is 0.0317. The van der Waals surface area contributed by atoms with Gasteiger partial charge >= 0.3 is 0 Å². The molecule has 5 heteroatoms. The summed E-state index contributed by atoms with van der Waals surface area (Å²) in [5, 5.41) is 0.494. The minimum Gasteiger partial charge on any atom is -0.482 e. The number of carbonyl (C=O) groups is 1. The van der Waals surface area contributed by atoms with E-state index in [2.05, 4.69) is 0 Å². The maximum absolute atomic E-state index is 12.1. The molecule has 0 bridgehead atoms. The molecule has 1 saturated heterocycles. The number of nitrogens with zero attached hydrogens (tertiary/aromatic N) is 1. The van der Waals surface area contributed by atoms with E-state index in [0.29, 0.717) is 10.8 Å². The topological polar surface area (TPSA) is 55.6 Å². The Morgan fingerprint density at radius 1 is 1.33 bits per heavy atom. The highest BCUT2D eigenvalue weighted by Crippen LogP contribution is 2.27. The lowest BCUT2D eigenvalue weighted by Gasteiger charge is -2.20. The number of likely N-dealkylation sites (tertiary alicyclic amines) is 1. The average Bonchev–Trinajstić information content (AvgIpc) is 2.74. The predicted molar refractivity (Wildman–Crippen MR) is 84.6 cm³/mol. The van der Waals surface area contributed by atoms with Crippen molar-refractivity contribution in [3.05, 3.63) is 28.8 Å². The first-order chi connectivity index (χ1) is 10.1. The Kier molecular flexibility index (Phi) is 5.88. The second-order valence-corrected chi connectivity index (χ2v) is 5.97. The van der Waals surface area contributed by atoms with Crippen LogP contribution in [0.4, 0.5) is 0 Å². The molecule has 1 fully saturated rings. The fraction of sp³-hybridized carbons (Fsp3) is 0.562. The molecule has 1 aliphatic rings. The van der Waals surface area contributed by atoms with Crippen LogP contribution in [-0.2, 0) is 4.79 Å². The van der Waals surface area contributed by atoms with Crippen molar-refractivity contribution < 1.29 is 9.53 Å². The van der Waals surface area contributed by atoms with Crippen LogP contribution in [0.1, 0.15) is 44.2 Å². The first-order valence-electron chi connectivity index (χ1n) is 7.53. The minimum atomic E-state index is -0.0738. The molecule has 116 valence electrons. The number of amides is 1. The maximum atomic E-state index is 12.1. The first kappa shape index (κ1) is 16.1. The number of ether oxygens (including phenoxy) is 1. The summed E-state index contributed by atoms with van der Waals surface area (Å²) in [7, 11) is 0. The number of hydrogen-bond donors (Lipinski definition) is 1. The predicted octanol–water partition coefficient (Wildman–Crippen LogP) is 3.14. The molecule has 4 nitrogen and oxygen atoms in total. The Balaban J connectivity index is 1.91. The fourth-order valence-corrected chi connectivity index (χ4v) is 2.71. The van der Waals surface area contributed by atoms with Crippen LogP contribution in [0, 0.1) is 0 Å². The monoisotopic (exact) mass is 310 g/mol. The standard InChI is InChI=1S/C16H23ClN2O2/c1-12(18)13-6-7-15(14(17)10-13)21-11-16(20)19-8-4-2-3-5-9-19/h6-7,10,12H,2-5,8-9,11,18H2,1H3/t12-/m0/s1. The highest BCUT2D eigenvalue weighted by molar-refractivity contribution is 6.32. The van der Waals surface area contributed by atoms with Gasteiger partial charge in [-0.05, 0) is 37.5 Å². The van der Waals surface area contributed by atoms with Gasteiger partial charge in [0.2, 0.25) is 0 Å². The van der Waals surface area contributed by atoms with Crippen molar-refractivity contribution in [1.29, 1.82) is 0 Å². The number of hydrogen-bond acceptors (Lipinski definition) is 3. The van der Waals surface area contributed by atoms with Crippen molar-refractivity contribution in [3.63, 3.8) is 0 Å². The SMILES string of the molecule is C[C@H](N)c1ccc(OCC(=O)N2CCCCCC2)c(Cl)c1. The van der Waals surface area contributed by atoms with Crippen LogP contribution in [0.5, 0.6) is 5.75 Å². The van der Waals surface area contributed by atoms with E-state index in [1.165, 1.54) is 12.8 Å². The summed E-state index contributed by atoms with van der Waals surface area (Å²) in [5.74, 6) is 0.563. The largest absolute Gasteiger partial charge is 0.482 e. The van der Waals surface area contributed by atoms with Crippen molar-refractivity contribution >= 4 is 17.5 Å². The lowest BCUT2D eigenvalue weighted by Crippen LogP contribution is -2.35. The third kappa shape index (κ3) is 4.61. The molecule has 2 N–H and O–H groups in total. The van der Waals surface area contributed by atoms with Gasteiger partial charge in [0.25, 0.3) is 5.91 Å².